The highest BCUT2D eigenvalue weighted by Gasteiger charge is 2.23. The van der Waals surface area contributed by atoms with E-state index in [1.807, 2.05) is 0 Å². The van der Waals surface area contributed by atoms with Crippen molar-refractivity contribution in [2.45, 2.75) is 31.9 Å². The molecule has 1 saturated carbocycles. The van der Waals surface area contributed by atoms with Gasteiger partial charge in [-0.25, -0.2) is 0 Å². The summed E-state index contributed by atoms with van der Waals surface area (Å²) in [5, 5.41) is 9.08. The highest BCUT2D eigenvalue weighted by atomic mass is 16.3. The molecule has 1 rings (SSSR count). The minimum atomic E-state index is -0.617. The van der Waals surface area contributed by atoms with E-state index >= 15 is 0 Å². The summed E-state index contributed by atoms with van der Waals surface area (Å²) in [5.74, 6) is 0.989. The molecule has 66 valence electrons. The Balaban J connectivity index is 2.24. The summed E-state index contributed by atoms with van der Waals surface area (Å²) >= 11 is 0. The Morgan fingerprint density at radius 3 is 2.18 bits per heavy atom. The van der Waals surface area contributed by atoms with Crippen LogP contribution in [0, 0.1) is 11.8 Å². The number of aliphatic hydroxyl groups excluding tert-OH is 1. The number of nitrogens with two attached hydrogens (primary N) is 2. The average Bonchev–Trinajstić information content (AvgIpc) is 2.05. The van der Waals surface area contributed by atoms with Crippen LogP contribution in [0.2, 0.25) is 0 Å². The molecule has 1 aliphatic rings. The van der Waals surface area contributed by atoms with Crippen LogP contribution in [-0.2, 0) is 0 Å². The molecular formula is C8H18N2O. The van der Waals surface area contributed by atoms with Crippen LogP contribution in [0.1, 0.15) is 25.7 Å². The lowest BCUT2D eigenvalue weighted by Gasteiger charge is -2.28. The Hall–Kier alpha value is -0.120. The van der Waals surface area contributed by atoms with Gasteiger partial charge in [-0.2, -0.15) is 0 Å². The maximum Gasteiger partial charge on any atom is 0.105 e. The van der Waals surface area contributed by atoms with Gasteiger partial charge in [-0.3, -0.25) is 0 Å². The fourth-order valence-corrected chi connectivity index (χ4v) is 1.77. The summed E-state index contributed by atoms with van der Waals surface area (Å²) in [5.41, 5.74) is 10.9. The largest absolute Gasteiger partial charge is 0.379 e. The molecule has 0 radical (unpaired) electrons. The minimum Gasteiger partial charge on any atom is -0.379 e. The van der Waals surface area contributed by atoms with Crippen LogP contribution < -0.4 is 11.5 Å². The molecule has 0 aromatic carbocycles. The summed E-state index contributed by atoms with van der Waals surface area (Å²) in [6.07, 6.45) is 3.73. The van der Waals surface area contributed by atoms with Crippen molar-refractivity contribution in [2.75, 3.05) is 6.54 Å². The highest BCUT2D eigenvalue weighted by molar-refractivity contribution is 4.75. The summed E-state index contributed by atoms with van der Waals surface area (Å²) in [4.78, 5) is 0. The predicted octanol–water partition coefficient (Wildman–Crippen LogP) is 0.0286. The van der Waals surface area contributed by atoms with Crippen LogP contribution in [-0.4, -0.2) is 17.9 Å². The van der Waals surface area contributed by atoms with Gasteiger partial charge in [0.1, 0.15) is 6.23 Å². The molecular weight excluding hydrogens is 140 g/mol. The Morgan fingerprint density at radius 1 is 1.27 bits per heavy atom. The maximum absolute atomic E-state index is 9.08. The Kier molecular flexibility index (Phi) is 3.30. The fraction of sp³-hybridized carbons (Fsp3) is 1.00. The van der Waals surface area contributed by atoms with E-state index in [0.29, 0.717) is 11.8 Å². The average molecular weight is 158 g/mol. The van der Waals surface area contributed by atoms with Gasteiger partial charge in [-0.1, -0.05) is 0 Å². The van der Waals surface area contributed by atoms with E-state index in [1.165, 1.54) is 0 Å². The lowest BCUT2D eigenvalue weighted by Crippen LogP contribution is -2.33. The summed E-state index contributed by atoms with van der Waals surface area (Å²) in [7, 11) is 0. The molecule has 1 aliphatic carbocycles. The van der Waals surface area contributed by atoms with Crippen molar-refractivity contribution in [3.8, 4) is 0 Å². The van der Waals surface area contributed by atoms with Crippen molar-refractivity contribution in [2.24, 2.45) is 23.3 Å². The monoisotopic (exact) mass is 158 g/mol. The van der Waals surface area contributed by atoms with Crippen molar-refractivity contribution in [3.63, 3.8) is 0 Å². The zero-order valence-corrected chi connectivity index (χ0v) is 6.87. The summed E-state index contributed by atoms with van der Waals surface area (Å²) < 4.78 is 0. The first-order chi connectivity index (χ1) is 5.24. The number of hydrogen-bond acceptors (Lipinski definition) is 3. The van der Waals surface area contributed by atoms with Gasteiger partial charge in [-0.05, 0) is 44.1 Å². The lowest BCUT2D eigenvalue weighted by atomic mass is 9.81. The quantitative estimate of drug-likeness (QED) is 0.496. The Bertz CT molecular complexity index is 109. The van der Waals surface area contributed by atoms with E-state index in [9.17, 15) is 0 Å². The standard InChI is InChI=1S/C8H18N2O/c9-5-6-1-3-7(4-2-6)8(10)11/h6-8,11H,1-5,9-10H2. The number of rotatable bonds is 2. The number of aliphatic hydroxyl groups is 1. The van der Waals surface area contributed by atoms with Crippen molar-refractivity contribution in [1.82, 2.24) is 0 Å². The van der Waals surface area contributed by atoms with E-state index in [1.54, 1.807) is 0 Å². The van der Waals surface area contributed by atoms with E-state index in [4.69, 9.17) is 16.6 Å². The van der Waals surface area contributed by atoms with Crippen molar-refractivity contribution >= 4 is 0 Å². The summed E-state index contributed by atoms with van der Waals surface area (Å²) in [6.45, 7) is 0.785. The minimum absolute atomic E-state index is 0.317. The Labute approximate surface area is 67.8 Å². The SMILES string of the molecule is NCC1CCC(C(N)O)CC1. The third kappa shape index (κ3) is 2.43. The van der Waals surface area contributed by atoms with E-state index < -0.39 is 6.23 Å². The van der Waals surface area contributed by atoms with Crippen LogP contribution in [0.4, 0.5) is 0 Å². The molecule has 0 amide bonds. The highest BCUT2D eigenvalue weighted by Crippen LogP contribution is 2.28. The molecule has 0 aromatic rings. The third-order valence-corrected chi connectivity index (χ3v) is 2.71. The van der Waals surface area contributed by atoms with Crippen LogP contribution in [0.5, 0.6) is 0 Å². The van der Waals surface area contributed by atoms with Gasteiger partial charge < -0.3 is 16.6 Å². The van der Waals surface area contributed by atoms with E-state index in [2.05, 4.69) is 0 Å². The molecule has 0 bridgehead atoms. The first-order valence-electron chi connectivity index (χ1n) is 4.37. The van der Waals surface area contributed by atoms with Gasteiger partial charge in [0.25, 0.3) is 0 Å². The fourth-order valence-electron chi connectivity index (χ4n) is 1.77. The third-order valence-electron chi connectivity index (χ3n) is 2.71. The van der Waals surface area contributed by atoms with E-state index in [0.717, 1.165) is 32.2 Å². The second-order valence-corrected chi connectivity index (χ2v) is 3.51. The second-order valence-electron chi connectivity index (χ2n) is 3.51. The van der Waals surface area contributed by atoms with Gasteiger partial charge >= 0.3 is 0 Å². The van der Waals surface area contributed by atoms with Crippen LogP contribution in [0.3, 0.4) is 0 Å². The number of hydrogen-bond donors (Lipinski definition) is 3. The van der Waals surface area contributed by atoms with Gasteiger partial charge in [-0.15, -0.1) is 0 Å². The van der Waals surface area contributed by atoms with Gasteiger partial charge in [0.15, 0.2) is 0 Å². The normalized spacial score (nSPS) is 35.2. The molecule has 1 fully saturated rings. The Morgan fingerprint density at radius 2 is 1.82 bits per heavy atom. The molecule has 1 unspecified atom stereocenters. The molecule has 5 N–H and O–H groups in total. The summed E-state index contributed by atoms with van der Waals surface area (Å²) in [6, 6.07) is 0. The van der Waals surface area contributed by atoms with Gasteiger partial charge in [0.05, 0.1) is 0 Å². The molecule has 11 heavy (non-hydrogen) atoms. The topological polar surface area (TPSA) is 72.3 Å². The zero-order valence-electron chi connectivity index (χ0n) is 6.87. The van der Waals surface area contributed by atoms with Crippen LogP contribution in [0.15, 0.2) is 0 Å². The predicted molar refractivity (Wildman–Crippen MR) is 44.7 cm³/mol. The first-order valence-corrected chi connectivity index (χ1v) is 4.37. The molecule has 0 aromatic heterocycles. The van der Waals surface area contributed by atoms with Crippen molar-refractivity contribution in [1.29, 1.82) is 0 Å². The zero-order chi connectivity index (χ0) is 8.27. The van der Waals surface area contributed by atoms with Crippen molar-refractivity contribution in [3.05, 3.63) is 0 Å². The molecule has 0 aliphatic heterocycles. The van der Waals surface area contributed by atoms with Gasteiger partial charge in [0.2, 0.25) is 0 Å². The molecule has 0 heterocycles. The van der Waals surface area contributed by atoms with Crippen LogP contribution >= 0.6 is 0 Å². The molecule has 1 atom stereocenters. The smallest absolute Gasteiger partial charge is 0.105 e. The second kappa shape index (κ2) is 4.04. The van der Waals surface area contributed by atoms with Gasteiger partial charge in [0, 0.05) is 0 Å². The first kappa shape index (κ1) is 8.97. The maximum atomic E-state index is 9.08. The molecule has 0 saturated heterocycles. The molecule has 0 spiro atoms. The van der Waals surface area contributed by atoms with E-state index in [-0.39, 0.29) is 0 Å². The lowest BCUT2D eigenvalue weighted by molar-refractivity contribution is 0.0800. The van der Waals surface area contributed by atoms with Crippen molar-refractivity contribution < 1.29 is 5.11 Å². The van der Waals surface area contributed by atoms with Crippen LogP contribution in [0.25, 0.3) is 0 Å². The molecule has 3 nitrogen and oxygen atoms in total. The molecule has 3 heteroatoms.